The van der Waals surface area contributed by atoms with Crippen LogP contribution in [-0.2, 0) is 0 Å². The second-order valence-corrected chi connectivity index (χ2v) is 2.83. The van der Waals surface area contributed by atoms with Gasteiger partial charge in [-0.15, -0.1) is 0 Å². The Hall–Kier alpha value is -1.51. The highest BCUT2D eigenvalue weighted by atomic mass is 14.9. The molecule has 2 aromatic heterocycles. The van der Waals surface area contributed by atoms with Crippen LogP contribution < -0.4 is 0 Å². The van der Waals surface area contributed by atoms with Gasteiger partial charge in [-0.05, 0) is 25.0 Å². The number of aryl methyl sites for hydroxylation is 2. The van der Waals surface area contributed by atoms with E-state index >= 15 is 0 Å². The maximum Gasteiger partial charge on any atom is 0.162 e. The Morgan fingerprint density at radius 3 is 2.75 bits per heavy atom. The normalized spacial score (nSPS) is 10.5. The number of hydrogen-bond acceptors (Lipinski definition) is 3. The fourth-order valence-corrected chi connectivity index (χ4v) is 1.16. The van der Waals surface area contributed by atoms with E-state index in [0.717, 1.165) is 11.0 Å². The van der Waals surface area contributed by atoms with Crippen LogP contribution in [0.5, 0.6) is 0 Å². The number of nitrogens with zero attached hydrogens (tertiary/aromatic N) is 3. The predicted molar refractivity (Wildman–Crippen MR) is 46.8 cm³/mol. The van der Waals surface area contributed by atoms with E-state index in [-0.39, 0.29) is 0 Å². The molecule has 0 amide bonds. The maximum atomic E-state index is 4.19. The van der Waals surface area contributed by atoms with E-state index in [9.17, 15) is 0 Å². The van der Waals surface area contributed by atoms with Crippen LogP contribution >= 0.6 is 0 Å². The highest BCUT2D eigenvalue weighted by molar-refractivity contribution is 5.77. The summed E-state index contributed by atoms with van der Waals surface area (Å²) in [7, 11) is 0. The molecule has 2 aromatic rings. The molecular weight excluding hydrogens is 150 g/mol. The molecule has 0 atom stereocenters. The van der Waals surface area contributed by atoms with Gasteiger partial charge in [0.1, 0.15) is 6.33 Å². The third kappa shape index (κ3) is 0.942. The first-order valence-corrected chi connectivity index (χ1v) is 3.81. The minimum Gasteiger partial charge on any atom is -0.244 e. The largest absolute Gasteiger partial charge is 0.244 e. The molecule has 0 aliphatic heterocycles. The van der Waals surface area contributed by atoms with Gasteiger partial charge in [0.2, 0.25) is 0 Å². The molecule has 0 unspecified atom stereocenters. The molecule has 0 radical (unpaired) electrons. The van der Waals surface area contributed by atoms with Gasteiger partial charge >= 0.3 is 0 Å². The van der Waals surface area contributed by atoms with Crippen molar-refractivity contribution in [3.8, 4) is 0 Å². The molecule has 2 heterocycles. The van der Waals surface area contributed by atoms with Gasteiger partial charge in [-0.25, -0.2) is 15.0 Å². The molecule has 0 fully saturated rings. The van der Waals surface area contributed by atoms with Crippen LogP contribution in [0.15, 0.2) is 18.7 Å². The molecule has 0 aliphatic rings. The van der Waals surface area contributed by atoms with E-state index in [2.05, 4.69) is 21.9 Å². The molecule has 0 N–H and O–H groups in total. The topological polar surface area (TPSA) is 38.7 Å². The van der Waals surface area contributed by atoms with Crippen LogP contribution in [0.4, 0.5) is 0 Å². The second kappa shape index (κ2) is 2.52. The molecule has 0 spiro atoms. The van der Waals surface area contributed by atoms with E-state index in [1.807, 2.05) is 13.1 Å². The molecule has 0 saturated heterocycles. The lowest BCUT2D eigenvalue weighted by Gasteiger charge is -2.01. The maximum absolute atomic E-state index is 4.19. The van der Waals surface area contributed by atoms with Gasteiger partial charge in [0.15, 0.2) is 5.65 Å². The smallest absolute Gasteiger partial charge is 0.162 e. The van der Waals surface area contributed by atoms with Gasteiger partial charge in [-0.3, -0.25) is 0 Å². The Morgan fingerprint density at radius 1 is 1.08 bits per heavy atom. The zero-order valence-corrected chi connectivity index (χ0v) is 7.07. The summed E-state index contributed by atoms with van der Waals surface area (Å²) in [5, 5.41) is 1.04. The lowest BCUT2D eigenvalue weighted by Crippen LogP contribution is -1.90. The molecule has 60 valence electrons. The SMILES string of the molecule is Cc1cnc2ncncc2c1C. The van der Waals surface area contributed by atoms with E-state index in [4.69, 9.17) is 0 Å². The van der Waals surface area contributed by atoms with Crippen molar-refractivity contribution in [1.82, 2.24) is 15.0 Å². The Bertz CT molecular complexity index is 423. The lowest BCUT2D eigenvalue weighted by molar-refractivity contribution is 1.16. The minimum absolute atomic E-state index is 0.771. The van der Waals surface area contributed by atoms with Crippen molar-refractivity contribution in [1.29, 1.82) is 0 Å². The van der Waals surface area contributed by atoms with E-state index in [1.54, 1.807) is 6.20 Å². The van der Waals surface area contributed by atoms with Gasteiger partial charge in [-0.1, -0.05) is 0 Å². The highest BCUT2D eigenvalue weighted by Crippen LogP contribution is 2.15. The number of fused-ring (bicyclic) bond motifs is 1. The quantitative estimate of drug-likeness (QED) is 0.586. The van der Waals surface area contributed by atoms with Crippen molar-refractivity contribution in [3.05, 3.63) is 29.8 Å². The summed E-state index contributed by atoms with van der Waals surface area (Å²) >= 11 is 0. The number of pyridine rings is 1. The van der Waals surface area contributed by atoms with E-state index in [0.29, 0.717) is 0 Å². The minimum atomic E-state index is 0.771. The predicted octanol–water partition coefficient (Wildman–Crippen LogP) is 1.64. The monoisotopic (exact) mass is 159 g/mol. The fraction of sp³-hybridized carbons (Fsp3) is 0.222. The zero-order valence-electron chi connectivity index (χ0n) is 7.07. The van der Waals surface area contributed by atoms with Gasteiger partial charge in [0.05, 0.1) is 0 Å². The van der Waals surface area contributed by atoms with Gasteiger partial charge in [-0.2, -0.15) is 0 Å². The van der Waals surface area contributed by atoms with Crippen molar-refractivity contribution in [2.45, 2.75) is 13.8 Å². The Balaban J connectivity index is 2.91. The molecule has 2 rings (SSSR count). The van der Waals surface area contributed by atoms with Crippen molar-refractivity contribution in [2.75, 3.05) is 0 Å². The summed E-state index contributed by atoms with van der Waals surface area (Å²) < 4.78 is 0. The van der Waals surface area contributed by atoms with Crippen molar-refractivity contribution < 1.29 is 0 Å². The molecule has 12 heavy (non-hydrogen) atoms. The summed E-state index contributed by atoms with van der Waals surface area (Å²) in [6.07, 6.45) is 5.16. The molecule has 0 saturated carbocycles. The highest BCUT2D eigenvalue weighted by Gasteiger charge is 2.00. The summed E-state index contributed by atoms with van der Waals surface area (Å²) in [5.74, 6) is 0. The van der Waals surface area contributed by atoms with Crippen LogP contribution in [0.25, 0.3) is 11.0 Å². The lowest BCUT2D eigenvalue weighted by atomic mass is 10.1. The van der Waals surface area contributed by atoms with Crippen molar-refractivity contribution >= 4 is 11.0 Å². The van der Waals surface area contributed by atoms with Crippen LogP contribution in [0.1, 0.15) is 11.1 Å². The summed E-state index contributed by atoms with van der Waals surface area (Å²) in [4.78, 5) is 12.2. The van der Waals surface area contributed by atoms with Crippen LogP contribution in [0.3, 0.4) is 0 Å². The van der Waals surface area contributed by atoms with Crippen molar-refractivity contribution in [3.63, 3.8) is 0 Å². The fourth-order valence-electron chi connectivity index (χ4n) is 1.16. The van der Waals surface area contributed by atoms with Crippen LogP contribution in [0, 0.1) is 13.8 Å². The third-order valence-electron chi connectivity index (χ3n) is 2.07. The first-order valence-electron chi connectivity index (χ1n) is 3.81. The summed E-state index contributed by atoms with van der Waals surface area (Å²) in [5.41, 5.74) is 3.16. The number of aromatic nitrogens is 3. The Labute approximate surface area is 70.5 Å². The van der Waals surface area contributed by atoms with Crippen molar-refractivity contribution in [2.24, 2.45) is 0 Å². The Kier molecular flexibility index (Phi) is 1.50. The van der Waals surface area contributed by atoms with Gasteiger partial charge in [0.25, 0.3) is 0 Å². The molecule has 3 heteroatoms. The second-order valence-electron chi connectivity index (χ2n) is 2.83. The average Bonchev–Trinajstić information content (AvgIpc) is 2.12. The zero-order chi connectivity index (χ0) is 8.55. The molecule has 0 aromatic carbocycles. The number of hydrogen-bond donors (Lipinski definition) is 0. The average molecular weight is 159 g/mol. The van der Waals surface area contributed by atoms with Gasteiger partial charge < -0.3 is 0 Å². The molecule has 0 bridgehead atoms. The molecule has 3 nitrogen and oxygen atoms in total. The number of rotatable bonds is 0. The standard InChI is InChI=1S/C9H9N3/c1-6-3-11-9-8(7(6)2)4-10-5-12-9/h3-5H,1-2H3. The first-order chi connectivity index (χ1) is 5.79. The first kappa shape index (κ1) is 7.16. The van der Waals surface area contributed by atoms with Gasteiger partial charge in [0, 0.05) is 17.8 Å². The summed E-state index contributed by atoms with van der Waals surface area (Å²) in [6, 6.07) is 0. The van der Waals surface area contributed by atoms with E-state index in [1.165, 1.54) is 17.5 Å². The molecular formula is C9H9N3. The Morgan fingerprint density at radius 2 is 1.92 bits per heavy atom. The van der Waals surface area contributed by atoms with Crippen LogP contribution in [-0.4, -0.2) is 15.0 Å². The van der Waals surface area contributed by atoms with E-state index < -0.39 is 0 Å². The van der Waals surface area contributed by atoms with Crippen LogP contribution in [0.2, 0.25) is 0 Å². The third-order valence-corrected chi connectivity index (χ3v) is 2.07. The molecule has 0 aliphatic carbocycles. The summed E-state index contributed by atoms with van der Waals surface area (Å²) in [6.45, 7) is 4.09.